The molecule has 2 heterocycles. The van der Waals surface area contributed by atoms with E-state index in [1.54, 1.807) is 11.7 Å². The number of nitrogens with one attached hydrogen (secondary N) is 2. The van der Waals surface area contributed by atoms with Crippen molar-refractivity contribution in [1.82, 2.24) is 20.4 Å². The van der Waals surface area contributed by atoms with Crippen LogP contribution in [0.15, 0.2) is 6.07 Å². The van der Waals surface area contributed by atoms with E-state index in [1.807, 2.05) is 13.0 Å². The van der Waals surface area contributed by atoms with Gasteiger partial charge in [-0.25, -0.2) is 0 Å². The summed E-state index contributed by atoms with van der Waals surface area (Å²) in [6.07, 6.45) is 1.11. The fourth-order valence-corrected chi connectivity index (χ4v) is 2.25. The van der Waals surface area contributed by atoms with Gasteiger partial charge >= 0.3 is 0 Å². The van der Waals surface area contributed by atoms with Crippen LogP contribution < -0.4 is 10.6 Å². The molecule has 1 aromatic rings. The summed E-state index contributed by atoms with van der Waals surface area (Å²) in [5.41, 5.74) is 1.49. The fraction of sp³-hybridized carbons (Fsp3) is 0.667. The van der Waals surface area contributed by atoms with Crippen molar-refractivity contribution in [2.24, 2.45) is 13.0 Å². The molecule has 0 radical (unpaired) electrons. The predicted octanol–water partition coefficient (Wildman–Crippen LogP) is 0.456. The lowest BCUT2D eigenvalue weighted by Crippen LogP contribution is -2.50. The summed E-state index contributed by atoms with van der Waals surface area (Å²) in [5.74, 6) is 0.489. The second-order valence-electron chi connectivity index (χ2n) is 4.84. The quantitative estimate of drug-likeness (QED) is 0.784. The van der Waals surface area contributed by atoms with Crippen LogP contribution in [-0.4, -0.2) is 34.8 Å². The van der Waals surface area contributed by atoms with E-state index < -0.39 is 0 Å². The second kappa shape index (κ2) is 4.87. The molecule has 2 rings (SSSR count). The molecule has 94 valence electrons. The smallest absolute Gasteiger partial charge is 0.269 e. The number of carbonyl (C=O) groups excluding carboxylic acids is 1. The SMILES string of the molecule is Cc1cc(C(=O)NC2CNCCC2C)n(C)n1. The average molecular weight is 236 g/mol. The maximum absolute atomic E-state index is 12.1. The molecule has 1 saturated heterocycles. The molecule has 0 aliphatic carbocycles. The first-order chi connectivity index (χ1) is 8.08. The molecule has 2 N–H and O–H groups in total. The molecule has 17 heavy (non-hydrogen) atoms. The highest BCUT2D eigenvalue weighted by atomic mass is 16.2. The van der Waals surface area contributed by atoms with E-state index in [0.29, 0.717) is 11.6 Å². The van der Waals surface area contributed by atoms with Crippen LogP contribution in [-0.2, 0) is 7.05 Å². The summed E-state index contributed by atoms with van der Waals surface area (Å²) < 4.78 is 1.63. The number of carbonyl (C=O) groups is 1. The molecular weight excluding hydrogens is 216 g/mol. The maximum Gasteiger partial charge on any atom is 0.269 e. The van der Waals surface area contributed by atoms with Crippen molar-refractivity contribution < 1.29 is 4.79 Å². The number of aromatic nitrogens is 2. The van der Waals surface area contributed by atoms with Crippen LogP contribution in [0.4, 0.5) is 0 Å². The van der Waals surface area contributed by atoms with Crippen LogP contribution in [0.2, 0.25) is 0 Å². The first kappa shape index (κ1) is 12.1. The normalized spacial score (nSPS) is 24.6. The molecule has 1 fully saturated rings. The summed E-state index contributed by atoms with van der Waals surface area (Å²) in [6, 6.07) is 2.03. The number of hydrogen-bond donors (Lipinski definition) is 2. The van der Waals surface area contributed by atoms with Gasteiger partial charge in [-0.2, -0.15) is 5.10 Å². The molecule has 1 aliphatic heterocycles. The second-order valence-corrected chi connectivity index (χ2v) is 4.84. The molecular formula is C12H20N4O. The van der Waals surface area contributed by atoms with E-state index in [1.165, 1.54) is 0 Å². The van der Waals surface area contributed by atoms with Crippen LogP contribution >= 0.6 is 0 Å². The van der Waals surface area contributed by atoms with Crippen molar-refractivity contribution >= 4 is 5.91 Å². The molecule has 5 heteroatoms. The Balaban J connectivity index is 2.03. The number of piperidine rings is 1. The highest BCUT2D eigenvalue weighted by molar-refractivity contribution is 5.92. The third kappa shape index (κ3) is 2.66. The summed E-state index contributed by atoms with van der Waals surface area (Å²) in [4.78, 5) is 12.1. The highest BCUT2D eigenvalue weighted by Crippen LogP contribution is 2.12. The van der Waals surface area contributed by atoms with E-state index in [2.05, 4.69) is 22.7 Å². The van der Waals surface area contributed by atoms with Crippen molar-refractivity contribution in [3.63, 3.8) is 0 Å². The van der Waals surface area contributed by atoms with Gasteiger partial charge in [-0.05, 0) is 31.9 Å². The van der Waals surface area contributed by atoms with Crippen LogP contribution in [0.1, 0.15) is 29.5 Å². The van der Waals surface area contributed by atoms with Gasteiger partial charge in [-0.15, -0.1) is 0 Å². The number of nitrogens with zero attached hydrogens (tertiary/aromatic N) is 2. The van der Waals surface area contributed by atoms with E-state index >= 15 is 0 Å². The molecule has 2 atom stereocenters. The van der Waals surface area contributed by atoms with Gasteiger partial charge in [0.25, 0.3) is 5.91 Å². The topological polar surface area (TPSA) is 59.0 Å². The van der Waals surface area contributed by atoms with Gasteiger partial charge < -0.3 is 10.6 Å². The number of hydrogen-bond acceptors (Lipinski definition) is 3. The fourth-order valence-electron chi connectivity index (χ4n) is 2.25. The molecule has 2 unspecified atom stereocenters. The number of aryl methyl sites for hydroxylation is 2. The lowest BCUT2D eigenvalue weighted by molar-refractivity contribution is 0.0905. The van der Waals surface area contributed by atoms with Crippen molar-refractivity contribution in [2.45, 2.75) is 26.3 Å². The summed E-state index contributed by atoms with van der Waals surface area (Å²) in [6.45, 7) is 5.96. The van der Waals surface area contributed by atoms with Gasteiger partial charge in [-0.1, -0.05) is 6.92 Å². The molecule has 0 bridgehead atoms. The van der Waals surface area contributed by atoms with Gasteiger partial charge in [-0.3, -0.25) is 9.48 Å². The first-order valence-corrected chi connectivity index (χ1v) is 6.10. The largest absolute Gasteiger partial charge is 0.346 e. The zero-order valence-electron chi connectivity index (χ0n) is 10.7. The molecule has 0 aromatic carbocycles. The minimum atomic E-state index is -0.0337. The Labute approximate surface area is 102 Å². The standard InChI is InChI=1S/C12H20N4O/c1-8-4-5-13-7-10(8)14-12(17)11-6-9(2)15-16(11)3/h6,8,10,13H,4-5,7H2,1-3H3,(H,14,17). The van der Waals surface area contributed by atoms with Gasteiger partial charge in [0.1, 0.15) is 5.69 Å². The Kier molecular flexibility index (Phi) is 3.47. The Morgan fingerprint density at radius 2 is 2.41 bits per heavy atom. The van der Waals surface area contributed by atoms with Gasteiger partial charge in [0, 0.05) is 19.6 Å². The van der Waals surface area contributed by atoms with Gasteiger partial charge in [0.05, 0.1) is 5.69 Å². The van der Waals surface area contributed by atoms with Crippen molar-refractivity contribution in [3.8, 4) is 0 Å². The van der Waals surface area contributed by atoms with Gasteiger partial charge in [0.15, 0.2) is 0 Å². The van der Waals surface area contributed by atoms with E-state index in [-0.39, 0.29) is 11.9 Å². The first-order valence-electron chi connectivity index (χ1n) is 6.10. The zero-order valence-corrected chi connectivity index (χ0v) is 10.7. The summed E-state index contributed by atoms with van der Waals surface area (Å²) in [7, 11) is 1.80. The average Bonchev–Trinajstić information content (AvgIpc) is 2.61. The highest BCUT2D eigenvalue weighted by Gasteiger charge is 2.24. The summed E-state index contributed by atoms with van der Waals surface area (Å²) >= 11 is 0. The molecule has 5 nitrogen and oxygen atoms in total. The van der Waals surface area contributed by atoms with Crippen molar-refractivity contribution in [3.05, 3.63) is 17.5 Å². The third-order valence-corrected chi connectivity index (χ3v) is 3.38. The number of rotatable bonds is 2. The molecule has 1 aliphatic rings. The Hall–Kier alpha value is -1.36. The molecule has 1 aromatic heterocycles. The van der Waals surface area contributed by atoms with Crippen LogP contribution in [0.3, 0.4) is 0 Å². The molecule has 1 amide bonds. The van der Waals surface area contributed by atoms with E-state index in [4.69, 9.17) is 0 Å². The lowest BCUT2D eigenvalue weighted by atomic mass is 9.95. The molecule has 0 spiro atoms. The van der Waals surface area contributed by atoms with Crippen LogP contribution in [0, 0.1) is 12.8 Å². The zero-order chi connectivity index (χ0) is 12.4. The van der Waals surface area contributed by atoms with Crippen LogP contribution in [0.25, 0.3) is 0 Å². The third-order valence-electron chi connectivity index (χ3n) is 3.38. The minimum Gasteiger partial charge on any atom is -0.346 e. The van der Waals surface area contributed by atoms with E-state index in [0.717, 1.165) is 25.2 Å². The van der Waals surface area contributed by atoms with Crippen molar-refractivity contribution in [2.75, 3.05) is 13.1 Å². The van der Waals surface area contributed by atoms with Gasteiger partial charge in [0.2, 0.25) is 0 Å². The Morgan fingerprint density at radius 1 is 1.65 bits per heavy atom. The number of amides is 1. The lowest BCUT2D eigenvalue weighted by Gasteiger charge is -2.30. The Morgan fingerprint density at radius 3 is 3.00 bits per heavy atom. The molecule has 0 saturated carbocycles. The predicted molar refractivity (Wildman–Crippen MR) is 65.8 cm³/mol. The van der Waals surface area contributed by atoms with E-state index in [9.17, 15) is 4.79 Å². The maximum atomic E-state index is 12.1. The van der Waals surface area contributed by atoms with Crippen LogP contribution in [0.5, 0.6) is 0 Å². The monoisotopic (exact) mass is 236 g/mol. The Bertz CT molecular complexity index is 413. The van der Waals surface area contributed by atoms with Crippen molar-refractivity contribution in [1.29, 1.82) is 0 Å². The summed E-state index contributed by atoms with van der Waals surface area (Å²) in [5, 5.41) is 10.6. The minimum absolute atomic E-state index is 0.0337.